The summed E-state index contributed by atoms with van der Waals surface area (Å²) in [5, 5.41) is 2.87. The number of rotatable bonds is 2. The zero-order valence-electron chi connectivity index (χ0n) is 9.34. The highest BCUT2D eigenvalue weighted by Crippen LogP contribution is 2.30. The van der Waals surface area contributed by atoms with Gasteiger partial charge in [-0.15, -0.1) is 24.8 Å². The van der Waals surface area contributed by atoms with Gasteiger partial charge in [-0.2, -0.15) is 13.2 Å². The maximum atomic E-state index is 12.4. The molecule has 0 aliphatic carbocycles. The first kappa shape index (κ1) is 17.0. The summed E-state index contributed by atoms with van der Waals surface area (Å²) < 4.78 is 37.3. The summed E-state index contributed by atoms with van der Waals surface area (Å²) in [6.07, 6.45) is -4.32. The van der Waals surface area contributed by atoms with E-state index in [1.54, 1.807) is 7.05 Å². The Labute approximate surface area is 114 Å². The van der Waals surface area contributed by atoms with Gasteiger partial charge in [0.2, 0.25) is 0 Å². The van der Waals surface area contributed by atoms with Crippen LogP contribution < -0.4 is 5.32 Å². The topological polar surface area (TPSA) is 40.7 Å². The molecule has 0 aliphatic rings. The van der Waals surface area contributed by atoms with E-state index in [0.29, 0.717) is 23.4 Å². The SMILES string of the molecule is CNCc1nc2ccc(C(F)(F)F)cc2[nH]1.Cl.Cl. The monoisotopic (exact) mass is 301 g/mol. The molecular weight excluding hydrogens is 290 g/mol. The molecule has 2 rings (SSSR count). The summed E-state index contributed by atoms with van der Waals surface area (Å²) in [6, 6.07) is 3.47. The number of aromatic amines is 1. The quantitative estimate of drug-likeness (QED) is 0.894. The van der Waals surface area contributed by atoms with Gasteiger partial charge in [0, 0.05) is 0 Å². The summed E-state index contributed by atoms with van der Waals surface area (Å²) in [5.74, 6) is 0.622. The van der Waals surface area contributed by atoms with Crippen molar-refractivity contribution in [1.82, 2.24) is 15.3 Å². The lowest BCUT2D eigenvalue weighted by Crippen LogP contribution is -2.06. The molecule has 0 bridgehead atoms. The fourth-order valence-electron chi connectivity index (χ4n) is 1.49. The van der Waals surface area contributed by atoms with Crippen molar-refractivity contribution in [3.8, 4) is 0 Å². The minimum absolute atomic E-state index is 0. The Hall–Kier alpha value is -0.980. The molecule has 0 saturated carbocycles. The first-order valence-corrected chi connectivity index (χ1v) is 4.71. The Morgan fingerprint density at radius 1 is 1.28 bits per heavy atom. The summed E-state index contributed by atoms with van der Waals surface area (Å²) in [5.41, 5.74) is 0.276. The van der Waals surface area contributed by atoms with Crippen LogP contribution in [-0.4, -0.2) is 17.0 Å². The van der Waals surface area contributed by atoms with E-state index >= 15 is 0 Å². The number of hydrogen-bond acceptors (Lipinski definition) is 2. The zero-order chi connectivity index (χ0) is 11.8. The van der Waals surface area contributed by atoms with Gasteiger partial charge in [-0.1, -0.05) is 0 Å². The second kappa shape index (κ2) is 6.26. The molecule has 3 nitrogen and oxygen atoms in total. The van der Waals surface area contributed by atoms with Gasteiger partial charge in [0.1, 0.15) is 5.82 Å². The lowest BCUT2D eigenvalue weighted by molar-refractivity contribution is -0.137. The second-order valence-electron chi connectivity index (χ2n) is 3.44. The van der Waals surface area contributed by atoms with Crippen molar-refractivity contribution in [2.45, 2.75) is 12.7 Å². The normalized spacial score (nSPS) is 10.9. The minimum Gasteiger partial charge on any atom is -0.341 e. The average molecular weight is 302 g/mol. The van der Waals surface area contributed by atoms with Gasteiger partial charge in [-0.05, 0) is 25.2 Å². The van der Waals surface area contributed by atoms with Crippen LogP contribution in [0.1, 0.15) is 11.4 Å². The van der Waals surface area contributed by atoms with E-state index in [4.69, 9.17) is 0 Å². The zero-order valence-corrected chi connectivity index (χ0v) is 11.0. The number of nitrogens with zero attached hydrogens (tertiary/aromatic N) is 1. The molecular formula is C10H12Cl2F3N3. The van der Waals surface area contributed by atoms with Crippen molar-refractivity contribution < 1.29 is 13.2 Å². The van der Waals surface area contributed by atoms with Gasteiger partial charge in [0.05, 0.1) is 23.1 Å². The Balaban J connectivity index is 0.00000144. The lowest BCUT2D eigenvalue weighted by atomic mass is 10.2. The van der Waals surface area contributed by atoms with Gasteiger partial charge >= 0.3 is 6.18 Å². The highest BCUT2D eigenvalue weighted by molar-refractivity contribution is 5.85. The molecule has 0 amide bonds. The van der Waals surface area contributed by atoms with E-state index in [1.165, 1.54) is 6.07 Å². The van der Waals surface area contributed by atoms with E-state index in [0.717, 1.165) is 12.1 Å². The fourth-order valence-corrected chi connectivity index (χ4v) is 1.49. The predicted octanol–water partition coefficient (Wildman–Crippen LogP) is 3.14. The molecule has 18 heavy (non-hydrogen) atoms. The van der Waals surface area contributed by atoms with Crippen LogP contribution in [0, 0.1) is 0 Å². The van der Waals surface area contributed by atoms with Gasteiger partial charge in [0.15, 0.2) is 0 Å². The van der Waals surface area contributed by atoms with Crippen molar-refractivity contribution in [1.29, 1.82) is 0 Å². The van der Waals surface area contributed by atoms with Crippen molar-refractivity contribution >= 4 is 35.8 Å². The van der Waals surface area contributed by atoms with Crippen LogP contribution in [0.15, 0.2) is 18.2 Å². The van der Waals surface area contributed by atoms with Crippen molar-refractivity contribution in [3.63, 3.8) is 0 Å². The average Bonchev–Trinajstić information content (AvgIpc) is 2.57. The minimum atomic E-state index is -4.32. The highest BCUT2D eigenvalue weighted by atomic mass is 35.5. The number of aromatic nitrogens is 2. The molecule has 0 unspecified atom stereocenters. The molecule has 0 saturated heterocycles. The molecule has 0 radical (unpaired) electrons. The molecule has 0 fully saturated rings. The molecule has 1 heterocycles. The van der Waals surface area contributed by atoms with Gasteiger partial charge < -0.3 is 10.3 Å². The number of halogens is 5. The standard InChI is InChI=1S/C10H10F3N3.2ClH/c1-14-5-9-15-7-3-2-6(10(11,12)13)4-8(7)16-9;;/h2-4,14H,5H2,1H3,(H,15,16);2*1H. The maximum absolute atomic E-state index is 12.4. The third kappa shape index (κ3) is 3.51. The van der Waals surface area contributed by atoms with Crippen LogP contribution in [0.4, 0.5) is 13.2 Å². The molecule has 0 aliphatic heterocycles. The number of fused-ring (bicyclic) bond motifs is 1. The summed E-state index contributed by atoms with van der Waals surface area (Å²) >= 11 is 0. The highest BCUT2D eigenvalue weighted by Gasteiger charge is 2.30. The molecule has 1 aromatic carbocycles. The molecule has 102 valence electrons. The fraction of sp³-hybridized carbons (Fsp3) is 0.300. The van der Waals surface area contributed by atoms with Crippen LogP contribution in [0.5, 0.6) is 0 Å². The van der Waals surface area contributed by atoms with Crippen LogP contribution in [-0.2, 0) is 12.7 Å². The van der Waals surface area contributed by atoms with Crippen molar-refractivity contribution in [3.05, 3.63) is 29.6 Å². The largest absolute Gasteiger partial charge is 0.416 e. The van der Waals surface area contributed by atoms with Crippen molar-refractivity contribution in [2.24, 2.45) is 0 Å². The lowest BCUT2D eigenvalue weighted by Gasteiger charge is -2.05. The molecule has 0 spiro atoms. The van der Waals surface area contributed by atoms with E-state index < -0.39 is 11.7 Å². The van der Waals surface area contributed by atoms with Crippen LogP contribution >= 0.6 is 24.8 Å². The predicted molar refractivity (Wildman–Crippen MR) is 68.4 cm³/mol. The summed E-state index contributed by atoms with van der Waals surface area (Å²) in [6.45, 7) is 0.496. The van der Waals surface area contributed by atoms with Gasteiger partial charge in [-0.25, -0.2) is 4.98 Å². The van der Waals surface area contributed by atoms with Gasteiger partial charge in [0.25, 0.3) is 0 Å². The first-order chi connectivity index (χ1) is 7.50. The Kier molecular flexibility index (Phi) is 5.92. The third-order valence-electron chi connectivity index (χ3n) is 2.20. The third-order valence-corrected chi connectivity index (χ3v) is 2.20. The first-order valence-electron chi connectivity index (χ1n) is 4.71. The maximum Gasteiger partial charge on any atom is 0.416 e. The molecule has 8 heteroatoms. The number of hydrogen-bond donors (Lipinski definition) is 2. The number of imidazole rings is 1. The second-order valence-corrected chi connectivity index (χ2v) is 3.44. The molecule has 1 aromatic heterocycles. The Morgan fingerprint density at radius 3 is 2.50 bits per heavy atom. The number of benzene rings is 1. The van der Waals surface area contributed by atoms with E-state index in [-0.39, 0.29) is 24.8 Å². The van der Waals surface area contributed by atoms with Gasteiger partial charge in [-0.3, -0.25) is 0 Å². The molecule has 0 atom stereocenters. The Morgan fingerprint density at radius 2 is 1.94 bits per heavy atom. The summed E-state index contributed by atoms with van der Waals surface area (Å²) in [4.78, 5) is 6.98. The van der Waals surface area contributed by atoms with E-state index in [1.807, 2.05) is 0 Å². The smallest absolute Gasteiger partial charge is 0.341 e. The number of alkyl halides is 3. The molecule has 2 N–H and O–H groups in total. The summed E-state index contributed by atoms with van der Waals surface area (Å²) in [7, 11) is 1.74. The van der Waals surface area contributed by atoms with Crippen LogP contribution in [0.3, 0.4) is 0 Å². The number of H-pyrrole nitrogens is 1. The van der Waals surface area contributed by atoms with E-state index in [9.17, 15) is 13.2 Å². The Bertz CT molecular complexity index is 511. The van der Waals surface area contributed by atoms with Crippen LogP contribution in [0.25, 0.3) is 11.0 Å². The van der Waals surface area contributed by atoms with Crippen LogP contribution in [0.2, 0.25) is 0 Å². The number of nitrogens with one attached hydrogen (secondary N) is 2. The molecule has 2 aromatic rings. The van der Waals surface area contributed by atoms with E-state index in [2.05, 4.69) is 15.3 Å². The van der Waals surface area contributed by atoms with Crippen molar-refractivity contribution in [2.75, 3.05) is 7.05 Å².